The van der Waals surface area contributed by atoms with Crippen LogP contribution in [0.2, 0.25) is 0 Å². The van der Waals surface area contributed by atoms with Crippen LogP contribution in [0, 0.1) is 6.92 Å². The molecule has 1 aliphatic rings. The maximum absolute atomic E-state index is 4.88. The van der Waals surface area contributed by atoms with Crippen LogP contribution in [0.1, 0.15) is 28.6 Å². The Bertz CT molecular complexity index is 790. The summed E-state index contributed by atoms with van der Waals surface area (Å²) >= 11 is 3.44. The number of rotatable bonds is 3. The van der Waals surface area contributed by atoms with Crippen LogP contribution in [0.3, 0.4) is 0 Å². The highest BCUT2D eigenvalue weighted by atomic mass is 32.1. The van der Waals surface area contributed by atoms with Gasteiger partial charge in [0, 0.05) is 16.7 Å². The van der Waals surface area contributed by atoms with Gasteiger partial charge in [-0.15, -0.1) is 22.7 Å². The van der Waals surface area contributed by atoms with Crippen LogP contribution in [0.5, 0.6) is 0 Å². The maximum Gasteiger partial charge on any atom is 0.206 e. The fourth-order valence-corrected chi connectivity index (χ4v) is 4.25. The zero-order chi connectivity index (χ0) is 14.9. The third kappa shape index (κ3) is 2.46. The van der Waals surface area contributed by atoms with Crippen LogP contribution in [0.4, 0.5) is 5.13 Å². The fourth-order valence-electron chi connectivity index (χ4n) is 2.64. The van der Waals surface area contributed by atoms with Crippen molar-refractivity contribution < 1.29 is 0 Å². The first-order valence-corrected chi connectivity index (χ1v) is 8.95. The molecule has 0 spiro atoms. The molecule has 1 aliphatic heterocycles. The Hall–Kier alpha value is -1.98. The minimum absolute atomic E-state index is 0.251. The SMILES string of the molecule is Cc1csc(N2N=C(c3ccccc3)C[C@@H]2c2cccs2)n1. The van der Waals surface area contributed by atoms with Crippen molar-refractivity contribution in [3.8, 4) is 0 Å². The molecule has 3 aromatic rings. The molecule has 3 nitrogen and oxygen atoms in total. The molecule has 1 atom stereocenters. The van der Waals surface area contributed by atoms with E-state index in [0.717, 1.165) is 23.0 Å². The molecule has 0 saturated carbocycles. The van der Waals surface area contributed by atoms with Crippen molar-refractivity contribution in [1.29, 1.82) is 0 Å². The number of anilines is 1. The van der Waals surface area contributed by atoms with Gasteiger partial charge >= 0.3 is 0 Å². The second-order valence-electron chi connectivity index (χ2n) is 5.26. The Kier molecular flexibility index (Phi) is 3.52. The zero-order valence-electron chi connectivity index (χ0n) is 12.1. The summed E-state index contributed by atoms with van der Waals surface area (Å²) in [4.78, 5) is 5.96. The third-order valence-electron chi connectivity index (χ3n) is 3.69. The molecular formula is C17H15N3S2. The Morgan fingerprint density at radius 1 is 1.09 bits per heavy atom. The van der Waals surface area contributed by atoms with Crippen molar-refractivity contribution in [2.75, 3.05) is 5.01 Å². The van der Waals surface area contributed by atoms with E-state index in [-0.39, 0.29) is 6.04 Å². The van der Waals surface area contributed by atoms with Gasteiger partial charge in [-0.05, 0) is 23.9 Å². The van der Waals surface area contributed by atoms with Gasteiger partial charge < -0.3 is 0 Å². The standard InChI is InChI=1S/C17H15N3S2/c1-12-11-22-17(18-12)20-15(16-8-5-9-21-16)10-14(19-20)13-6-3-2-4-7-13/h2-9,11,15H,10H2,1H3/t15-/m1/s1. The van der Waals surface area contributed by atoms with Gasteiger partial charge in [0.05, 0.1) is 17.4 Å². The molecule has 5 heteroatoms. The number of hydrogen-bond acceptors (Lipinski definition) is 5. The summed E-state index contributed by atoms with van der Waals surface area (Å²) in [6, 6.07) is 15.0. The first kappa shape index (κ1) is 13.7. The molecule has 0 saturated heterocycles. The van der Waals surface area contributed by atoms with Gasteiger partial charge in [0.1, 0.15) is 0 Å². The van der Waals surface area contributed by atoms with Crippen LogP contribution < -0.4 is 5.01 Å². The van der Waals surface area contributed by atoms with Crippen molar-refractivity contribution in [1.82, 2.24) is 4.98 Å². The largest absolute Gasteiger partial charge is 0.230 e. The molecule has 2 aromatic heterocycles. The van der Waals surface area contributed by atoms with Crippen LogP contribution in [0.15, 0.2) is 58.3 Å². The van der Waals surface area contributed by atoms with E-state index < -0.39 is 0 Å². The Morgan fingerprint density at radius 3 is 2.64 bits per heavy atom. The Labute approximate surface area is 137 Å². The van der Waals surface area contributed by atoms with E-state index in [2.05, 4.69) is 57.2 Å². The number of thiazole rings is 1. The van der Waals surface area contributed by atoms with Gasteiger partial charge in [-0.1, -0.05) is 36.4 Å². The maximum atomic E-state index is 4.88. The van der Waals surface area contributed by atoms with Crippen molar-refractivity contribution in [3.05, 3.63) is 69.4 Å². The van der Waals surface area contributed by atoms with Crippen molar-refractivity contribution in [2.24, 2.45) is 5.10 Å². The summed E-state index contributed by atoms with van der Waals surface area (Å²) in [5, 5.41) is 12.2. The zero-order valence-corrected chi connectivity index (χ0v) is 13.8. The van der Waals surface area contributed by atoms with Crippen LogP contribution >= 0.6 is 22.7 Å². The lowest BCUT2D eigenvalue weighted by molar-refractivity contribution is 0.718. The topological polar surface area (TPSA) is 28.5 Å². The quantitative estimate of drug-likeness (QED) is 0.687. The van der Waals surface area contributed by atoms with Crippen molar-refractivity contribution in [3.63, 3.8) is 0 Å². The van der Waals surface area contributed by atoms with Gasteiger partial charge in [-0.2, -0.15) is 5.10 Å². The lowest BCUT2D eigenvalue weighted by Crippen LogP contribution is -2.17. The van der Waals surface area contributed by atoms with Gasteiger partial charge in [0.25, 0.3) is 0 Å². The molecule has 0 bridgehead atoms. The normalized spacial score (nSPS) is 17.8. The van der Waals surface area contributed by atoms with Crippen LogP contribution in [-0.4, -0.2) is 10.7 Å². The molecule has 22 heavy (non-hydrogen) atoms. The van der Waals surface area contributed by atoms with Crippen molar-refractivity contribution in [2.45, 2.75) is 19.4 Å². The third-order valence-corrected chi connectivity index (χ3v) is 5.61. The lowest BCUT2D eigenvalue weighted by Gasteiger charge is -2.19. The van der Waals surface area contributed by atoms with E-state index in [0.29, 0.717) is 0 Å². The van der Waals surface area contributed by atoms with E-state index >= 15 is 0 Å². The Balaban J connectivity index is 1.74. The average molecular weight is 325 g/mol. The fraction of sp³-hybridized carbons (Fsp3) is 0.176. The second kappa shape index (κ2) is 5.66. The summed E-state index contributed by atoms with van der Waals surface area (Å²) < 4.78 is 0. The van der Waals surface area contributed by atoms with E-state index in [9.17, 15) is 0 Å². The molecule has 110 valence electrons. The molecule has 0 N–H and O–H groups in total. The second-order valence-corrected chi connectivity index (χ2v) is 7.08. The highest BCUT2D eigenvalue weighted by molar-refractivity contribution is 7.13. The molecule has 0 amide bonds. The molecule has 0 radical (unpaired) electrons. The molecule has 3 heterocycles. The van der Waals surface area contributed by atoms with E-state index in [1.807, 2.05) is 13.0 Å². The van der Waals surface area contributed by atoms with Gasteiger partial charge in [-0.3, -0.25) is 0 Å². The van der Waals surface area contributed by atoms with Gasteiger partial charge in [0.2, 0.25) is 5.13 Å². The van der Waals surface area contributed by atoms with Gasteiger partial charge in [-0.25, -0.2) is 9.99 Å². The predicted octanol–water partition coefficient (Wildman–Crippen LogP) is 4.87. The van der Waals surface area contributed by atoms with E-state index in [1.165, 1.54) is 10.4 Å². The highest BCUT2D eigenvalue weighted by Gasteiger charge is 2.31. The summed E-state index contributed by atoms with van der Waals surface area (Å²) in [7, 11) is 0. The number of nitrogens with zero attached hydrogens (tertiary/aromatic N) is 3. The molecule has 0 fully saturated rings. The van der Waals surface area contributed by atoms with Crippen LogP contribution in [0.25, 0.3) is 0 Å². The number of benzene rings is 1. The van der Waals surface area contributed by atoms with E-state index in [1.54, 1.807) is 22.7 Å². The number of aryl methyl sites for hydroxylation is 1. The Morgan fingerprint density at radius 2 is 1.95 bits per heavy atom. The lowest BCUT2D eigenvalue weighted by atomic mass is 10.0. The monoisotopic (exact) mass is 325 g/mol. The average Bonchev–Trinajstić information content (AvgIpc) is 3.27. The first-order valence-electron chi connectivity index (χ1n) is 7.19. The minimum atomic E-state index is 0.251. The minimum Gasteiger partial charge on any atom is -0.230 e. The molecule has 0 unspecified atom stereocenters. The smallest absolute Gasteiger partial charge is 0.206 e. The molecule has 4 rings (SSSR count). The summed E-state index contributed by atoms with van der Waals surface area (Å²) in [6.07, 6.45) is 0.920. The van der Waals surface area contributed by atoms with Crippen molar-refractivity contribution >= 4 is 33.5 Å². The first-order chi connectivity index (χ1) is 10.8. The number of aromatic nitrogens is 1. The predicted molar refractivity (Wildman–Crippen MR) is 94.0 cm³/mol. The summed E-state index contributed by atoms with van der Waals surface area (Å²) in [5.41, 5.74) is 3.37. The summed E-state index contributed by atoms with van der Waals surface area (Å²) in [5.74, 6) is 0. The molecular weight excluding hydrogens is 310 g/mol. The highest BCUT2D eigenvalue weighted by Crippen LogP contribution is 2.39. The summed E-state index contributed by atoms with van der Waals surface area (Å²) in [6.45, 7) is 2.03. The number of hydrazone groups is 1. The van der Waals surface area contributed by atoms with Gasteiger partial charge in [0.15, 0.2) is 0 Å². The number of hydrogen-bond donors (Lipinski definition) is 0. The van der Waals surface area contributed by atoms with E-state index in [4.69, 9.17) is 5.10 Å². The molecule has 1 aromatic carbocycles. The molecule has 0 aliphatic carbocycles. The number of thiophene rings is 1. The van der Waals surface area contributed by atoms with Crippen LogP contribution in [-0.2, 0) is 0 Å².